The largest absolute Gasteiger partial charge is 0.480 e. The van der Waals surface area contributed by atoms with E-state index in [0.29, 0.717) is 0 Å². The van der Waals surface area contributed by atoms with Gasteiger partial charge in [-0.15, -0.1) is 0 Å². The van der Waals surface area contributed by atoms with Crippen LogP contribution in [0, 0.1) is 0 Å². The van der Waals surface area contributed by atoms with Gasteiger partial charge in [0.25, 0.3) is 0 Å². The average Bonchev–Trinajstić information content (AvgIpc) is 2.15. The molecule has 16 heavy (non-hydrogen) atoms. The zero-order valence-electron chi connectivity index (χ0n) is 8.80. The van der Waals surface area contributed by atoms with Crippen LogP contribution >= 0.6 is 0 Å². The van der Waals surface area contributed by atoms with Gasteiger partial charge < -0.3 is 5.11 Å². The second-order valence-electron chi connectivity index (χ2n) is 2.94. The smallest absolute Gasteiger partial charge is 0.323 e. The summed E-state index contributed by atoms with van der Waals surface area (Å²) in [7, 11) is -6.35. The van der Waals surface area contributed by atoms with Gasteiger partial charge in [0.05, 0.1) is 5.75 Å². The molecule has 96 valence electrons. The van der Waals surface area contributed by atoms with Gasteiger partial charge in [-0.05, 0) is 14.0 Å². The monoisotopic (exact) mass is 274 g/mol. The summed E-state index contributed by atoms with van der Waals surface area (Å²) in [5.74, 6) is -1.95. The van der Waals surface area contributed by atoms with E-state index in [0.717, 1.165) is 6.92 Å². The molecule has 3 N–H and O–H groups in total. The molecule has 0 saturated carbocycles. The second kappa shape index (κ2) is 5.57. The van der Waals surface area contributed by atoms with E-state index in [1.165, 1.54) is 7.05 Å². The van der Waals surface area contributed by atoms with E-state index in [1.807, 2.05) is 9.44 Å². The second-order valence-corrected chi connectivity index (χ2v) is 7.07. The van der Waals surface area contributed by atoms with Crippen molar-refractivity contribution in [3.8, 4) is 0 Å². The van der Waals surface area contributed by atoms with Crippen LogP contribution in [0.4, 0.5) is 0 Å². The van der Waals surface area contributed by atoms with Gasteiger partial charge in [-0.1, -0.05) is 0 Å². The summed E-state index contributed by atoms with van der Waals surface area (Å²) in [5, 5.41) is 6.85. The molecule has 0 spiro atoms. The molecule has 0 aromatic rings. The van der Waals surface area contributed by atoms with Crippen molar-refractivity contribution in [2.75, 3.05) is 19.3 Å². The van der Waals surface area contributed by atoms with Gasteiger partial charge in [-0.25, -0.2) is 26.3 Å². The van der Waals surface area contributed by atoms with Gasteiger partial charge in [0.15, 0.2) is 5.25 Å². The number of hydrogen-bond acceptors (Lipinski definition) is 5. The SMILES string of the molecule is CNS(=O)(=O)CCNS(=O)(=O)C(C)C(=O)O. The fourth-order valence-corrected chi connectivity index (χ4v) is 2.28. The van der Waals surface area contributed by atoms with Crippen molar-refractivity contribution in [3.63, 3.8) is 0 Å². The van der Waals surface area contributed by atoms with Crippen LogP contribution in [0.5, 0.6) is 0 Å². The molecule has 1 unspecified atom stereocenters. The highest BCUT2D eigenvalue weighted by atomic mass is 32.2. The molecule has 0 aliphatic carbocycles. The minimum atomic E-state index is -4.03. The molecule has 0 aliphatic heterocycles. The van der Waals surface area contributed by atoms with Crippen LogP contribution < -0.4 is 9.44 Å². The molecular formula is C6H14N2O6S2. The first-order valence-corrected chi connectivity index (χ1v) is 7.45. The number of nitrogens with one attached hydrogen (secondary N) is 2. The number of carboxylic acid groups (broad SMARTS) is 1. The predicted octanol–water partition coefficient (Wildman–Crippen LogP) is -2.07. The molecule has 10 heteroatoms. The van der Waals surface area contributed by atoms with Crippen LogP contribution in [-0.4, -0.2) is 52.5 Å². The Morgan fingerprint density at radius 3 is 2.19 bits per heavy atom. The Morgan fingerprint density at radius 1 is 1.31 bits per heavy atom. The van der Waals surface area contributed by atoms with Crippen LogP contribution in [0.3, 0.4) is 0 Å². The van der Waals surface area contributed by atoms with E-state index in [-0.39, 0.29) is 6.54 Å². The Kier molecular flexibility index (Phi) is 5.32. The van der Waals surface area contributed by atoms with Gasteiger partial charge in [-0.2, -0.15) is 0 Å². The highest BCUT2D eigenvalue weighted by molar-refractivity contribution is 7.91. The summed E-state index contributed by atoms with van der Waals surface area (Å²) in [6.45, 7) is 0.625. The molecule has 0 aromatic heterocycles. The Hall–Kier alpha value is -0.710. The minimum Gasteiger partial charge on any atom is -0.480 e. The van der Waals surface area contributed by atoms with Crippen LogP contribution in [0.15, 0.2) is 0 Å². The summed E-state index contributed by atoms with van der Waals surface area (Å²) >= 11 is 0. The van der Waals surface area contributed by atoms with E-state index < -0.39 is 37.0 Å². The highest BCUT2D eigenvalue weighted by Gasteiger charge is 2.27. The van der Waals surface area contributed by atoms with Crippen molar-refractivity contribution in [2.45, 2.75) is 12.2 Å². The fraction of sp³-hybridized carbons (Fsp3) is 0.833. The number of carbonyl (C=O) groups is 1. The molecule has 0 bridgehead atoms. The van der Waals surface area contributed by atoms with E-state index in [2.05, 4.69) is 0 Å². The van der Waals surface area contributed by atoms with Gasteiger partial charge in [0.2, 0.25) is 20.0 Å². The molecule has 0 heterocycles. The van der Waals surface area contributed by atoms with Crippen molar-refractivity contribution < 1.29 is 26.7 Å². The third-order valence-electron chi connectivity index (χ3n) is 1.80. The minimum absolute atomic E-state index is 0.372. The molecule has 1 atom stereocenters. The lowest BCUT2D eigenvalue weighted by Crippen LogP contribution is -2.40. The molecule has 0 saturated heterocycles. The van der Waals surface area contributed by atoms with Crippen LogP contribution in [-0.2, 0) is 24.8 Å². The van der Waals surface area contributed by atoms with Gasteiger partial charge in [0, 0.05) is 6.54 Å². The lowest BCUT2D eigenvalue weighted by Gasteiger charge is -2.09. The lowest BCUT2D eigenvalue weighted by atomic mass is 10.5. The standard InChI is InChI=1S/C6H14N2O6S2/c1-5(6(9)10)16(13,14)8-3-4-15(11,12)7-2/h5,7-8H,3-4H2,1-2H3,(H,9,10). The maximum atomic E-state index is 11.2. The van der Waals surface area contributed by atoms with E-state index in [1.54, 1.807) is 0 Å². The average molecular weight is 274 g/mol. The maximum absolute atomic E-state index is 11.2. The molecule has 0 fully saturated rings. The molecule has 0 rings (SSSR count). The Labute approximate surface area is 94.1 Å². The molecule has 0 radical (unpaired) electrons. The fourth-order valence-electron chi connectivity index (χ4n) is 0.678. The Bertz CT molecular complexity index is 440. The topological polar surface area (TPSA) is 130 Å². The third-order valence-corrected chi connectivity index (χ3v) is 4.90. The van der Waals surface area contributed by atoms with E-state index >= 15 is 0 Å². The predicted molar refractivity (Wildman–Crippen MR) is 56.9 cm³/mol. The Morgan fingerprint density at radius 2 is 1.81 bits per heavy atom. The first-order chi connectivity index (χ1) is 7.12. The summed E-state index contributed by atoms with van der Waals surface area (Å²) in [6.07, 6.45) is 0. The summed E-state index contributed by atoms with van der Waals surface area (Å²) < 4.78 is 48.2. The molecular weight excluding hydrogens is 260 g/mol. The summed E-state index contributed by atoms with van der Waals surface area (Å²) in [5.41, 5.74) is 0. The molecule has 0 amide bonds. The lowest BCUT2D eigenvalue weighted by molar-refractivity contribution is -0.136. The van der Waals surface area contributed by atoms with E-state index in [9.17, 15) is 21.6 Å². The summed E-state index contributed by atoms with van der Waals surface area (Å²) in [6, 6.07) is 0. The summed E-state index contributed by atoms with van der Waals surface area (Å²) in [4.78, 5) is 10.4. The van der Waals surface area contributed by atoms with Crippen LogP contribution in [0.25, 0.3) is 0 Å². The quantitative estimate of drug-likeness (QED) is 0.489. The zero-order valence-corrected chi connectivity index (χ0v) is 10.4. The number of rotatable bonds is 7. The Balaban J connectivity index is 4.38. The van der Waals surface area contributed by atoms with Crippen molar-refractivity contribution in [2.24, 2.45) is 0 Å². The van der Waals surface area contributed by atoms with Gasteiger partial charge in [0.1, 0.15) is 0 Å². The molecule has 8 nitrogen and oxygen atoms in total. The zero-order chi connectivity index (χ0) is 13.0. The van der Waals surface area contributed by atoms with Crippen LogP contribution in [0.2, 0.25) is 0 Å². The number of hydrogen-bond donors (Lipinski definition) is 3. The number of sulfonamides is 2. The molecule has 0 aliphatic rings. The number of carboxylic acids is 1. The first-order valence-electron chi connectivity index (χ1n) is 4.25. The van der Waals surface area contributed by atoms with Crippen molar-refractivity contribution in [3.05, 3.63) is 0 Å². The van der Waals surface area contributed by atoms with Crippen molar-refractivity contribution in [1.82, 2.24) is 9.44 Å². The normalized spacial score (nSPS) is 14.6. The highest BCUT2D eigenvalue weighted by Crippen LogP contribution is 1.97. The van der Waals surface area contributed by atoms with Crippen molar-refractivity contribution in [1.29, 1.82) is 0 Å². The molecule has 0 aromatic carbocycles. The number of aliphatic carboxylic acids is 1. The van der Waals surface area contributed by atoms with E-state index in [4.69, 9.17) is 5.11 Å². The van der Waals surface area contributed by atoms with Gasteiger partial charge in [-0.3, -0.25) is 4.79 Å². The van der Waals surface area contributed by atoms with Crippen molar-refractivity contribution >= 4 is 26.0 Å². The third kappa shape index (κ3) is 4.88. The van der Waals surface area contributed by atoms with Gasteiger partial charge >= 0.3 is 5.97 Å². The maximum Gasteiger partial charge on any atom is 0.323 e. The first kappa shape index (κ1) is 15.3. The van der Waals surface area contributed by atoms with Crippen LogP contribution in [0.1, 0.15) is 6.92 Å².